The summed E-state index contributed by atoms with van der Waals surface area (Å²) in [5, 5.41) is 4.37. The Hall–Kier alpha value is -0.810. The minimum absolute atomic E-state index is 0.357. The molecule has 5 heteroatoms. The molecule has 0 aromatic rings. The second-order valence-corrected chi connectivity index (χ2v) is 8.75. The first-order valence-corrected chi connectivity index (χ1v) is 11.6. The average molecular weight is 403 g/mol. The number of unbranched alkanes of at least 4 members (excludes halogenated alkanes) is 15. The molecule has 0 rings (SSSR count). The van der Waals surface area contributed by atoms with Crippen molar-refractivity contribution in [3.05, 3.63) is 0 Å². The van der Waals surface area contributed by atoms with Crippen molar-refractivity contribution < 1.29 is 24.3 Å². The first kappa shape index (κ1) is 27.2. The van der Waals surface area contributed by atoms with Gasteiger partial charge < -0.3 is 4.74 Å². The van der Waals surface area contributed by atoms with Crippen LogP contribution in [0.2, 0.25) is 0 Å². The summed E-state index contributed by atoms with van der Waals surface area (Å²) in [5.41, 5.74) is -0.534. The lowest BCUT2D eigenvalue weighted by Crippen LogP contribution is -2.21. The Kier molecular flexibility index (Phi) is 18.9. The largest absolute Gasteiger partial charge is 0.542 e. The van der Waals surface area contributed by atoms with Gasteiger partial charge in [-0.25, -0.2) is 9.68 Å². The molecular weight excluding hydrogens is 356 g/mol. The van der Waals surface area contributed by atoms with Gasteiger partial charge in [-0.3, -0.25) is 0 Å². The van der Waals surface area contributed by atoms with Gasteiger partial charge in [0.15, 0.2) is 0 Å². The highest BCUT2D eigenvalue weighted by molar-refractivity contribution is 5.58. The van der Waals surface area contributed by atoms with Crippen molar-refractivity contribution in [3.63, 3.8) is 0 Å². The van der Waals surface area contributed by atoms with Crippen molar-refractivity contribution in [2.45, 2.75) is 136 Å². The predicted molar refractivity (Wildman–Crippen MR) is 114 cm³/mol. The van der Waals surface area contributed by atoms with Gasteiger partial charge in [0.05, 0.1) is 12.2 Å². The fourth-order valence-corrected chi connectivity index (χ4v) is 2.98. The van der Waals surface area contributed by atoms with E-state index in [1.165, 1.54) is 89.9 Å². The molecule has 28 heavy (non-hydrogen) atoms. The zero-order valence-corrected chi connectivity index (χ0v) is 19.1. The van der Waals surface area contributed by atoms with E-state index in [0.717, 1.165) is 12.8 Å². The molecule has 168 valence electrons. The van der Waals surface area contributed by atoms with E-state index < -0.39 is 11.8 Å². The fourth-order valence-electron chi connectivity index (χ4n) is 2.98. The summed E-state index contributed by atoms with van der Waals surface area (Å²) in [6.45, 7) is 8.00. The molecule has 0 spiro atoms. The third-order valence-corrected chi connectivity index (χ3v) is 4.60. The van der Waals surface area contributed by atoms with Crippen LogP contribution >= 0.6 is 0 Å². The highest BCUT2D eigenvalue weighted by Crippen LogP contribution is 2.14. The molecule has 0 heterocycles. The van der Waals surface area contributed by atoms with Crippen LogP contribution < -0.4 is 0 Å². The number of hydrogen-bond acceptors (Lipinski definition) is 5. The molecule has 0 bridgehead atoms. The number of carbonyl (C=O) groups is 1. The van der Waals surface area contributed by atoms with Gasteiger partial charge in [-0.05, 0) is 32.2 Å². The molecule has 0 radical (unpaired) electrons. The molecule has 0 amide bonds. The van der Waals surface area contributed by atoms with Crippen molar-refractivity contribution in [2.75, 3.05) is 6.61 Å². The van der Waals surface area contributed by atoms with Gasteiger partial charge in [-0.1, -0.05) is 103 Å². The Bertz CT molecular complexity index is 338. The number of hydrogen-bond donors (Lipinski definition) is 0. The van der Waals surface area contributed by atoms with Crippen molar-refractivity contribution in [1.82, 2.24) is 0 Å². The summed E-state index contributed by atoms with van der Waals surface area (Å²) in [4.78, 5) is 20.4. The van der Waals surface area contributed by atoms with E-state index >= 15 is 0 Å². The minimum atomic E-state index is -0.856. The molecule has 0 fully saturated rings. The molecule has 0 atom stereocenters. The van der Waals surface area contributed by atoms with Crippen LogP contribution in [0.25, 0.3) is 0 Å². The van der Waals surface area contributed by atoms with Crippen molar-refractivity contribution in [3.8, 4) is 0 Å². The van der Waals surface area contributed by atoms with Crippen LogP contribution in [-0.4, -0.2) is 18.4 Å². The highest BCUT2D eigenvalue weighted by atomic mass is 17.5. The summed E-state index contributed by atoms with van der Waals surface area (Å²) in [7, 11) is 0. The predicted octanol–water partition coefficient (Wildman–Crippen LogP) is 8.06. The standard InChI is InChI=1S/C23H46O5/c1-5-6-7-8-9-10-11-12-13-14-15-16-17-18-19-20-21-25-22(24)26-28-27-23(2,3)4/h5-21H2,1-4H3. The summed E-state index contributed by atoms with van der Waals surface area (Å²) in [6, 6.07) is 0. The van der Waals surface area contributed by atoms with Crippen LogP contribution in [0.5, 0.6) is 0 Å². The quantitative estimate of drug-likeness (QED) is 0.0946. The lowest BCUT2D eigenvalue weighted by molar-refractivity contribution is -0.514. The summed E-state index contributed by atoms with van der Waals surface area (Å²) in [5.74, 6) is 0. The Balaban J connectivity index is 3.15. The first-order chi connectivity index (χ1) is 13.5. The molecule has 0 N–H and O–H groups in total. The highest BCUT2D eigenvalue weighted by Gasteiger charge is 2.14. The van der Waals surface area contributed by atoms with E-state index in [1.54, 1.807) is 20.8 Å². The van der Waals surface area contributed by atoms with Gasteiger partial charge in [0, 0.05) is 0 Å². The maximum Gasteiger partial charge on any atom is 0.542 e. The van der Waals surface area contributed by atoms with Gasteiger partial charge in [-0.2, -0.15) is 4.89 Å². The third kappa shape index (κ3) is 23.2. The number of ether oxygens (including phenoxy) is 1. The van der Waals surface area contributed by atoms with Crippen LogP contribution in [0.1, 0.15) is 130 Å². The van der Waals surface area contributed by atoms with Crippen LogP contribution in [0.15, 0.2) is 0 Å². The first-order valence-electron chi connectivity index (χ1n) is 11.6. The summed E-state index contributed by atoms with van der Waals surface area (Å²) >= 11 is 0. The maximum absolute atomic E-state index is 11.2. The van der Waals surface area contributed by atoms with Gasteiger partial charge >= 0.3 is 6.16 Å². The van der Waals surface area contributed by atoms with E-state index in [9.17, 15) is 4.79 Å². The molecule has 0 aliphatic rings. The molecule has 0 aromatic carbocycles. The second kappa shape index (κ2) is 19.5. The number of carbonyl (C=O) groups excluding carboxylic acids is 1. The van der Waals surface area contributed by atoms with Gasteiger partial charge in [-0.15, -0.1) is 0 Å². The van der Waals surface area contributed by atoms with Crippen LogP contribution in [0.4, 0.5) is 4.79 Å². The average Bonchev–Trinajstić information content (AvgIpc) is 2.63. The molecule has 0 aliphatic heterocycles. The fraction of sp³-hybridized carbons (Fsp3) is 0.957. The lowest BCUT2D eigenvalue weighted by atomic mass is 10.0. The Morgan fingerprint density at radius 1 is 0.643 bits per heavy atom. The molecule has 0 saturated carbocycles. The van der Waals surface area contributed by atoms with Crippen molar-refractivity contribution in [1.29, 1.82) is 0 Å². The number of rotatable bonds is 19. The summed E-state index contributed by atoms with van der Waals surface area (Å²) in [6.07, 6.45) is 20.3. The smallest absolute Gasteiger partial charge is 0.432 e. The molecule has 0 aromatic heterocycles. The lowest BCUT2D eigenvalue weighted by Gasteiger charge is -2.15. The zero-order chi connectivity index (χ0) is 20.9. The van der Waals surface area contributed by atoms with Gasteiger partial charge in [0.1, 0.15) is 0 Å². The van der Waals surface area contributed by atoms with Gasteiger partial charge in [0.25, 0.3) is 0 Å². The Morgan fingerprint density at radius 3 is 1.43 bits per heavy atom. The molecule has 0 unspecified atom stereocenters. The molecule has 0 saturated heterocycles. The second-order valence-electron chi connectivity index (χ2n) is 8.75. The monoisotopic (exact) mass is 402 g/mol. The topological polar surface area (TPSA) is 54.0 Å². The van der Waals surface area contributed by atoms with E-state index in [4.69, 9.17) is 9.62 Å². The summed E-state index contributed by atoms with van der Waals surface area (Å²) < 4.78 is 4.91. The Labute approximate surface area is 173 Å². The van der Waals surface area contributed by atoms with E-state index in [1.807, 2.05) is 0 Å². The van der Waals surface area contributed by atoms with E-state index in [2.05, 4.69) is 16.8 Å². The Morgan fingerprint density at radius 2 is 1.04 bits per heavy atom. The molecule has 5 nitrogen and oxygen atoms in total. The molecule has 0 aliphatic carbocycles. The van der Waals surface area contributed by atoms with Gasteiger partial charge in [0.2, 0.25) is 0 Å². The SMILES string of the molecule is CCCCCCCCCCCCCCCCCCOC(=O)OOOC(C)(C)C. The normalized spacial score (nSPS) is 11.6. The zero-order valence-electron chi connectivity index (χ0n) is 19.1. The third-order valence-electron chi connectivity index (χ3n) is 4.60. The van der Waals surface area contributed by atoms with Crippen LogP contribution in [0, 0.1) is 0 Å². The minimum Gasteiger partial charge on any atom is -0.432 e. The van der Waals surface area contributed by atoms with Crippen LogP contribution in [0.3, 0.4) is 0 Å². The van der Waals surface area contributed by atoms with Crippen molar-refractivity contribution in [2.24, 2.45) is 0 Å². The van der Waals surface area contributed by atoms with E-state index in [-0.39, 0.29) is 0 Å². The van der Waals surface area contributed by atoms with Crippen LogP contribution in [-0.2, 0) is 19.6 Å². The van der Waals surface area contributed by atoms with E-state index in [0.29, 0.717) is 6.61 Å². The van der Waals surface area contributed by atoms with Crippen molar-refractivity contribution >= 4 is 6.16 Å². The maximum atomic E-state index is 11.2. The molecular formula is C23H46O5.